The monoisotopic (exact) mass is 418 g/mol. The van der Waals surface area contributed by atoms with Crippen LogP contribution in [0.5, 0.6) is 0 Å². The number of rotatable bonds is 4. The van der Waals surface area contributed by atoms with E-state index in [1.165, 1.54) is 25.3 Å². The number of thioether (sulfide) groups is 1. The molecule has 1 aliphatic rings. The van der Waals surface area contributed by atoms with Crippen LogP contribution < -0.4 is 0 Å². The Labute approximate surface area is 154 Å². The van der Waals surface area contributed by atoms with Gasteiger partial charge in [-0.2, -0.15) is 30.7 Å². The lowest BCUT2D eigenvalue weighted by Gasteiger charge is -2.33. The van der Waals surface area contributed by atoms with E-state index in [0.29, 0.717) is 11.1 Å². The number of aromatic nitrogens is 1. The molecule has 1 unspecified atom stereocenters. The molecule has 1 heterocycles. The van der Waals surface area contributed by atoms with Gasteiger partial charge in [0.1, 0.15) is 5.15 Å². The fourth-order valence-corrected chi connectivity index (χ4v) is 3.62. The molecule has 0 aromatic carbocycles. The first kappa shape index (κ1) is 21.1. The lowest BCUT2D eigenvalue weighted by Crippen LogP contribution is -2.50. The molecule has 26 heavy (non-hydrogen) atoms. The number of halogens is 8. The van der Waals surface area contributed by atoms with Crippen LogP contribution in [0.25, 0.3) is 0 Å². The van der Waals surface area contributed by atoms with E-state index in [1.54, 1.807) is 19.4 Å². The average molecular weight is 419 g/mol. The normalized spacial score (nSPS) is 22.1. The summed E-state index contributed by atoms with van der Waals surface area (Å²) in [5.41, 5.74) is -0.0838. The summed E-state index contributed by atoms with van der Waals surface area (Å²) in [6.07, 6.45) is -1.03. The molecule has 0 N–H and O–H groups in total. The van der Waals surface area contributed by atoms with Gasteiger partial charge in [0.25, 0.3) is 0 Å². The first-order valence-corrected chi connectivity index (χ1v) is 8.28. The van der Waals surface area contributed by atoms with Crippen LogP contribution in [0.1, 0.15) is 19.4 Å². The highest BCUT2D eigenvalue weighted by Gasteiger charge is 2.73. The van der Waals surface area contributed by atoms with Crippen molar-refractivity contribution in [2.45, 2.75) is 36.6 Å². The molecule has 0 aliphatic heterocycles. The Kier molecular flexibility index (Phi) is 5.47. The van der Waals surface area contributed by atoms with Gasteiger partial charge in [-0.25, -0.2) is 4.98 Å². The maximum atomic E-state index is 13.7. The summed E-state index contributed by atoms with van der Waals surface area (Å²) in [4.78, 5) is 3.46. The first-order valence-electron chi connectivity index (χ1n) is 7.08. The van der Waals surface area contributed by atoms with E-state index in [0.717, 1.165) is 6.08 Å². The number of hydrogen-bond acceptors (Lipinski definition) is 2. The van der Waals surface area contributed by atoms with Gasteiger partial charge in [-0.05, 0) is 36.4 Å². The molecule has 0 spiro atoms. The van der Waals surface area contributed by atoms with E-state index in [1.807, 2.05) is 0 Å². The van der Waals surface area contributed by atoms with Crippen LogP contribution in [0.2, 0.25) is 5.15 Å². The standard InChI is InChI=1S/C16H12ClF7NS/c1-9-5-11(26-16(23,24)14(18,19)15(20,21)22)7-13(2,6-9)10-3-4-12(17)25-8-10/h3-8H,1-2H3. The van der Waals surface area contributed by atoms with Gasteiger partial charge >= 0.3 is 17.4 Å². The molecule has 1 atom stereocenters. The average Bonchev–Trinajstić information content (AvgIpc) is 2.44. The zero-order chi connectivity index (χ0) is 20.0. The van der Waals surface area contributed by atoms with Crippen LogP contribution in [-0.4, -0.2) is 22.3 Å². The van der Waals surface area contributed by atoms with Crippen LogP contribution in [0.15, 0.2) is 41.0 Å². The number of allylic oxidation sites excluding steroid dienone is 3. The van der Waals surface area contributed by atoms with E-state index >= 15 is 0 Å². The topological polar surface area (TPSA) is 12.9 Å². The van der Waals surface area contributed by atoms with Crippen LogP contribution in [-0.2, 0) is 5.41 Å². The Balaban J connectivity index is 2.39. The lowest BCUT2D eigenvalue weighted by molar-refractivity contribution is -0.330. The number of alkyl halides is 7. The maximum Gasteiger partial charge on any atom is 0.460 e. The fourth-order valence-electron chi connectivity index (χ4n) is 2.42. The van der Waals surface area contributed by atoms with Crippen molar-refractivity contribution in [1.29, 1.82) is 0 Å². The smallest absolute Gasteiger partial charge is 0.244 e. The highest BCUT2D eigenvalue weighted by molar-refractivity contribution is 8.04. The van der Waals surface area contributed by atoms with Gasteiger partial charge in [0.05, 0.1) is 0 Å². The number of pyridine rings is 1. The van der Waals surface area contributed by atoms with E-state index in [4.69, 9.17) is 11.6 Å². The Hall–Kier alpha value is -1.22. The molecule has 143 valence electrons. The molecule has 0 amide bonds. The van der Waals surface area contributed by atoms with Gasteiger partial charge < -0.3 is 0 Å². The summed E-state index contributed by atoms with van der Waals surface area (Å²) in [6, 6.07) is 3.02. The maximum absolute atomic E-state index is 13.7. The zero-order valence-corrected chi connectivity index (χ0v) is 14.9. The summed E-state index contributed by atoms with van der Waals surface area (Å²) in [7, 11) is 0. The molecule has 2 rings (SSSR count). The molecule has 1 radical (unpaired) electrons. The second-order valence-corrected chi connectivity index (χ2v) is 7.50. The molecule has 0 saturated carbocycles. The third-order valence-corrected chi connectivity index (χ3v) is 4.86. The van der Waals surface area contributed by atoms with Crippen molar-refractivity contribution < 1.29 is 30.7 Å². The van der Waals surface area contributed by atoms with Crippen molar-refractivity contribution in [3.8, 4) is 0 Å². The number of hydrogen-bond donors (Lipinski definition) is 0. The molecule has 0 bridgehead atoms. The van der Waals surface area contributed by atoms with E-state index < -0.39 is 39.4 Å². The second-order valence-electron chi connectivity index (χ2n) is 5.92. The van der Waals surface area contributed by atoms with Crippen molar-refractivity contribution in [3.63, 3.8) is 0 Å². The Morgan fingerprint density at radius 2 is 1.69 bits per heavy atom. The van der Waals surface area contributed by atoms with Crippen molar-refractivity contribution in [2.75, 3.05) is 0 Å². The quantitative estimate of drug-likeness (QED) is 0.405. The largest absolute Gasteiger partial charge is 0.460 e. The van der Waals surface area contributed by atoms with Gasteiger partial charge in [-0.3, -0.25) is 0 Å². The third kappa shape index (κ3) is 4.03. The lowest BCUT2D eigenvalue weighted by atomic mass is 9.75. The molecular weight excluding hydrogens is 407 g/mol. The van der Waals surface area contributed by atoms with Gasteiger partial charge in [-0.1, -0.05) is 36.2 Å². The van der Waals surface area contributed by atoms with E-state index in [9.17, 15) is 30.7 Å². The van der Waals surface area contributed by atoms with Crippen LogP contribution >= 0.6 is 23.4 Å². The minimum absolute atomic E-state index is 0.190. The minimum Gasteiger partial charge on any atom is -0.244 e. The highest BCUT2D eigenvalue weighted by atomic mass is 35.5. The molecule has 0 saturated heterocycles. The van der Waals surface area contributed by atoms with Crippen LogP contribution in [0, 0.1) is 6.42 Å². The SMILES string of the molecule is CC1=CC(SC(F)(F)C(F)(F)C(F)(F)F)=CC(C)(c2ccc(Cl)nc2)[CH]1. The summed E-state index contributed by atoms with van der Waals surface area (Å²) in [6.45, 7) is 3.12. The Morgan fingerprint density at radius 3 is 2.19 bits per heavy atom. The molecule has 1 nitrogen and oxygen atoms in total. The van der Waals surface area contributed by atoms with E-state index in [-0.39, 0.29) is 5.15 Å². The van der Waals surface area contributed by atoms with E-state index in [2.05, 4.69) is 4.98 Å². The van der Waals surface area contributed by atoms with Crippen molar-refractivity contribution in [2.24, 2.45) is 0 Å². The van der Waals surface area contributed by atoms with Gasteiger partial charge in [0.15, 0.2) is 0 Å². The predicted molar refractivity (Wildman–Crippen MR) is 86.3 cm³/mol. The van der Waals surface area contributed by atoms with Crippen molar-refractivity contribution >= 4 is 23.4 Å². The molecular formula is C16H12ClF7NS. The Morgan fingerprint density at radius 1 is 1.08 bits per heavy atom. The van der Waals surface area contributed by atoms with Gasteiger partial charge in [0.2, 0.25) is 0 Å². The van der Waals surface area contributed by atoms with Gasteiger partial charge in [0, 0.05) is 22.9 Å². The molecule has 0 fully saturated rings. The zero-order valence-electron chi connectivity index (χ0n) is 13.3. The molecule has 1 aromatic rings. The molecule has 1 aromatic heterocycles. The van der Waals surface area contributed by atoms with Crippen molar-refractivity contribution in [3.05, 3.63) is 58.1 Å². The summed E-state index contributed by atoms with van der Waals surface area (Å²) in [5.74, 6) is -6.17. The van der Waals surface area contributed by atoms with Gasteiger partial charge in [-0.15, -0.1) is 0 Å². The third-order valence-electron chi connectivity index (χ3n) is 3.66. The van der Waals surface area contributed by atoms with Crippen LogP contribution in [0.4, 0.5) is 30.7 Å². The fraction of sp³-hybridized carbons (Fsp3) is 0.375. The van der Waals surface area contributed by atoms with Crippen LogP contribution in [0.3, 0.4) is 0 Å². The predicted octanol–water partition coefficient (Wildman–Crippen LogP) is 6.56. The summed E-state index contributed by atoms with van der Waals surface area (Å²) in [5, 5.41) is -5.18. The number of nitrogens with zero attached hydrogens (tertiary/aromatic N) is 1. The Bertz CT molecular complexity index is 740. The highest BCUT2D eigenvalue weighted by Crippen LogP contribution is 2.55. The first-order chi connectivity index (χ1) is 11.7. The van der Waals surface area contributed by atoms with Crippen molar-refractivity contribution in [1.82, 2.24) is 4.98 Å². The summed E-state index contributed by atoms with van der Waals surface area (Å²) >= 11 is 4.87. The minimum atomic E-state index is -6.37. The summed E-state index contributed by atoms with van der Waals surface area (Å²) < 4.78 is 90.6. The molecule has 10 heteroatoms. The second kappa shape index (κ2) is 6.74. The molecule has 1 aliphatic carbocycles.